The SMILES string of the molecule is N#CCc1c(C(F)F)cc([N+](=O)[O-])nc1Cl. The van der Waals surface area contributed by atoms with E-state index in [4.69, 9.17) is 16.9 Å². The van der Waals surface area contributed by atoms with E-state index in [1.807, 2.05) is 0 Å². The van der Waals surface area contributed by atoms with Gasteiger partial charge in [0.15, 0.2) is 0 Å². The summed E-state index contributed by atoms with van der Waals surface area (Å²) in [5.41, 5.74) is -0.807. The second-order valence-electron chi connectivity index (χ2n) is 2.73. The van der Waals surface area contributed by atoms with Crippen LogP contribution in [-0.4, -0.2) is 9.91 Å². The zero-order valence-electron chi connectivity index (χ0n) is 7.65. The molecule has 5 nitrogen and oxygen atoms in total. The first-order valence-electron chi connectivity index (χ1n) is 3.96. The normalized spacial score (nSPS) is 10.2. The number of pyridine rings is 1. The zero-order chi connectivity index (χ0) is 12.3. The number of halogens is 3. The van der Waals surface area contributed by atoms with Gasteiger partial charge in [-0.3, -0.25) is 0 Å². The van der Waals surface area contributed by atoms with E-state index in [-0.39, 0.29) is 12.0 Å². The summed E-state index contributed by atoms with van der Waals surface area (Å²) in [5.74, 6) is -0.762. The summed E-state index contributed by atoms with van der Waals surface area (Å²) in [7, 11) is 0. The van der Waals surface area contributed by atoms with Gasteiger partial charge in [0.25, 0.3) is 6.43 Å². The smallest absolute Gasteiger partial charge is 0.358 e. The standard InChI is InChI=1S/C8H4ClF2N3O2/c9-7-4(1-2-12)5(8(10)11)3-6(13-7)14(15)16/h3,8H,1H2. The van der Waals surface area contributed by atoms with Gasteiger partial charge in [-0.1, -0.05) is 0 Å². The Morgan fingerprint density at radius 3 is 2.75 bits per heavy atom. The van der Waals surface area contributed by atoms with Crippen molar-refractivity contribution in [3.63, 3.8) is 0 Å². The molecule has 84 valence electrons. The maximum absolute atomic E-state index is 12.6. The molecule has 8 heteroatoms. The highest BCUT2D eigenvalue weighted by atomic mass is 35.5. The predicted octanol–water partition coefficient (Wildman–Crippen LogP) is 2.65. The molecule has 1 aromatic rings. The van der Waals surface area contributed by atoms with Crippen molar-refractivity contribution in [1.82, 2.24) is 4.98 Å². The molecule has 0 amide bonds. The minimum atomic E-state index is -2.94. The molecule has 0 saturated heterocycles. The van der Waals surface area contributed by atoms with Crippen LogP contribution in [0, 0.1) is 21.4 Å². The monoisotopic (exact) mass is 247 g/mol. The molecular formula is C8H4ClF2N3O2. The van der Waals surface area contributed by atoms with Gasteiger partial charge in [0.1, 0.15) is 0 Å². The fraction of sp³-hybridized carbons (Fsp3) is 0.250. The minimum absolute atomic E-state index is 0.176. The highest BCUT2D eigenvalue weighted by Crippen LogP contribution is 2.30. The molecule has 0 radical (unpaired) electrons. The van der Waals surface area contributed by atoms with E-state index in [2.05, 4.69) is 4.98 Å². The predicted molar refractivity (Wildman–Crippen MR) is 50.2 cm³/mol. The molecule has 0 spiro atoms. The molecule has 0 aromatic carbocycles. The fourth-order valence-electron chi connectivity index (χ4n) is 1.09. The highest BCUT2D eigenvalue weighted by Gasteiger charge is 2.24. The van der Waals surface area contributed by atoms with Crippen LogP contribution >= 0.6 is 11.6 Å². The summed E-state index contributed by atoms with van der Waals surface area (Å²) >= 11 is 5.50. The summed E-state index contributed by atoms with van der Waals surface area (Å²) in [4.78, 5) is 12.8. The van der Waals surface area contributed by atoms with Crippen LogP contribution in [0.25, 0.3) is 0 Å². The summed E-state index contributed by atoms with van der Waals surface area (Å²) in [5, 5.41) is 18.3. The van der Waals surface area contributed by atoms with Crippen molar-refractivity contribution in [3.05, 3.63) is 32.5 Å². The first-order valence-corrected chi connectivity index (χ1v) is 4.34. The van der Waals surface area contributed by atoms with Crippen LogP contribution in [0.4, 0.5) is 14.6 Å². The van der Waals surface area contributed by atoms with Crippen LogP contribution in [-0.2, 0) is 6.42 Å². The van der Waals surface area contributed by atoms with Gasteiger partial charge in [0.05, 0.1) is 12.5 Å². The summed E-state index contributed by atoms with van der Waals surface area (Å²) in [6.07, 6.45) is -3.31. The Bertz CT molecular complexity index is 473. The van der Waals surface area contributed by atoms with Gasteiger partial charge in [-0.05, 0) is 21.5 Å². The lowest BCUT2D eigenvalue weighted by Crippen LogP contribution is -2.01. The Kier molecular flexibility index (Phi) is 3.68. The maximum atomic E-state index is 12.6. The van der Waals surface area contributed by atoms with Crippen molar-refractivity contribution in [2.45, 2.75) is 12.8 Å². The molecule has 1 aromatic heterocycles. The van der Waals surface area contributed by atoms with Crippen LogP contribution in [0.2, 0.25) is 5.15 Å². The van der Waals surface area contributed by atoms with Crippen LogP contribution in [0.15, 0.2) is 6.07 Å². The van der Waals surface area contributed by atoms with Crippen molar-refractivity contribution in [2.24, 2.45) is 0 Å². The van der Waals surface area contributed by atoms with Crippen molar-refractivity contribution in [2.75, 3.05) is 0 Å². The topological polar surface area (TPSA) is 79.8 Å². The Morgan fingerprint density at radius 1 is 1.69 bits per heavy atom. The molecule has 0 aliphatic rings. The van der Waals surface area contributed by atoms with E-state index in [1.54, 1.807) is 6.07 Å². The van der Waals surface area contributed by atoms with Gasteiger partial charge in [-0.25, -0.2) is 8.78 Å². The molecule has 0 aliphatic carbocycles. The van der Waals surface area contributed by atoms with Crippen LogP contribution in [0.5, 0.6) is 0 Å². The Hall–Kier alpha value is -1.81. The minimum Gasteiger partial charge on any atom is -0.358 e. The number of hydrogen-bond donors (Lipinski definition) is 0. The van der Waals surface area contributed by atoms with Crippen LogP contribution in [0.3, 0.4) is 0 Å². The van der Waals surface area contributed by atoms with Gasteiger partial charge < -0.3 is 10.1 Å². The number of nitro groups is 1. The molecule has 0 N–H and O–H groups in total. The van der Waals surface area contributed by atoms with E-state index in [0.29, 0.717) is 6.07 Å². The van der Waals surface area contributed by atoms with Crippen molar-refractivity contribution < 1.29 is 13.7 Å². The summed E-state index contributed by atoms with van der Waals surface area (Å²) < 4.78 is 25.1. The molecule has 0 aliphatic heterocycles. The number of alkyl halides is 2. The second kappa shape index (κ2) is 4.81. The van der Waals surface area contributed by atoms with E-state index < -0.39 is 27.9 Å². The summed E-state index contributed by atoms with van der Waals surface area (Å²) in [6, 6.07) is 2.27. The number of nitrogens with zero attached hydrogens (tertiary/aromatic N) is 3. The molecule has 0 saturated carbocycles. The van der Waals surface area contributed by atoms with Crippen molar-refractivity contribution >= 4 is 17.4 Å². The first kappa shape index (κ1) is 12.3. The fourth-order valence-corrected chi connectivity index (χ4v) is 1.35. The summed E-state index contributed by atoms with van der Waals surface area (Å²) in [6.45, 7) is 0. The average molecular weight is 248 g/mol. The van der Waals surface area contributed by atoms with Gasteiger partial charge in [0.2, 0.25) is 5.15 Å². The lowest BCUT2D eigenvalue weighted by molar-refractivity contribution is -0.389. The van der Waals surface area contributed by atoms with Gasteiger partial charge in [-0.15, -0.1) is 0 Å². The number of hydrogen-bond acceptors (Lipinski definition) is 4. The van der Waals surface area contributed by atoms with Crippen LogP contribution < -0.4 is 0 Å². The van der Waals surface area contributed by atoms with E-state index in [9.17, 15) is 18.9 Å². The van der Waals surface area contributed by atoms with E-state index >= 15 is 0 Å². The van der Waals surface area contributed by atoms with Gasteiger partial charge >= 0.3 is 5.82 Å². The lowest BCUT2D eigenvalue weighted by atomic mass is 10.1. The Morgan fingerprint density at radius 2 is 2.31 bits per heavy atom. The molecule has 1 rings (SSSR count). The van der Waals surface area contributed by atoms with Crippen molar-refractivity contribution in [1.29, 1.82) is 5.26 Å². The molecule has 0 atom stereocenters. The third-order valence-electron chi connectivity index (χ3n) is 1.77. The van der Waals surface area contributed by atoms with E-state index in [0.717, 1.165) is 0 Å². The number of nitriles is 1. The zero-order valence-corrected chi connectivity index (χ0v) is 8.41. The Balaban J connectivity index is 3.40. The molecule has 0 fully saturated rings. The third kappa shape index (κ3) is 2.41. The van der Waals surface area contributed by atoms with Crippen LogP contribution in [0.1, 0.15) is 17.6 Å². The molecule has 1 heterocycles. The highest BCUT2D eigenvalue weighted by molar-refractivity contribution is 6.30. The maximum Gasteiger partial charge on any atom is 0.365 e. The second-order valence-corrected chi connectivity index (χ2v) is 3.09. The number of rotatable bonds is 3. The first-order chi connectivity index (χ1) is 7.47. The molecule has 16 heavy (non-hydrogen) atoms. The molecule has 0 bridgehead atoms. The largest absolute Gasteiger partial charge is 0.365 e. The molecular weight excluding hydrogens is 244 g/mol. The Labute approximate surface area is 93.4 Å². The molecule has 0 unspecified atom stereocenters. The quantitative estimate of drug-likeness (QED) is 0.467. The number of aromatic nitrogens is 1. The average Bonchev–Trinajstić information content (AvgIpc) is 2.20. The van der Waals surface area contributed by atoms with Gasteiger partial charge in [0, 0.05) is 17.2 Å². The lowest BCUT2D eigenvalue weighted by Gasteiger charge is -2.05. The van der Waals surface area contributed by atoms with Crippen molar-refractivity contribution in [3.8, 4) is 6.07 Å². The van der Waals surface area contributed by atoms with Gasteiger partial charge in [-0.2, -0.15) is 5.26 Å². The van der Waals surface area contributed by atoms with E-state index in [1.165, 1.54) is 0 Å². The third-order valence-corrected chi connectivity index (χ3v) is 2.09.